The first-order valence-electron chi connectivity index (χ1n) is 7.38. The van der Waals surface area contributed by atoms with Gasteiger partial charge < -0.3 is 5.11 Å². The fraction of sp³-hybridized carbons (Fsp3) is 0.800. The molecule has 0 heterocycles. The van der Waals surface area contributed by atoms with Gasteiger partial charge in [0.15, 0.2) is 5.78 Å². The van der Waals surface area contributed by atoms with Gasteiger partial charge in [-0.25, -0.2) is 0 Å². The van der Waals surface area contributed by atoms with Crippen LogP contribution in [0.4, 0.5) is 26.3 Å². The maximum atomic E-state index is 13.2. The number of allylic oxidation sites excluding steroid dienone is 2. The lowest BCUT2D eigenvalue weighted by atomic mass is 9.74. The first kappa shape index (κ1) is 21.8. The van der Waals surface area contributed by atoms with Crippen molar-refractivity contribution in [2.75, 3.05) is 0 Å². The van der Waals surface area contributed by atoms with Crippen molar-refractivity contribution in [2.45, 2.75) is 65.7 Å². The lowest BCUT2D eigenvalue weighted by Crippen LogP contribution is -2.44. The Balaban J connectivity index is 6.08. The Morgan fingerprint density at radius 3 is 1.30 bits per heavy atom. The summed E-state index contributed by atoms with van der Waals surface area (Å²) in [5.41, 5.74) is -5.51. The summed E-state index contributed by atoms with van der Waals surface area (Å²) >= 11 is 0. The van der Waals surface area contributed by atoms with Crippen molar-refractivity contribution >= 4 is 5.78 Å². The number of alkyl halides is 6. The third-order valence-corrected chi connectivity index (χ3v) is 4.73. The van der Waals surface area contributed by atoms with Crippen LogP contribution in [0.2, 0.25) is 0 Å². The Labute approximate surface area is 131 Å². The largest absolute Gasteiger partial charge is 0.511 e. The molecule has 0 unspecified atom stereocenters. The second-order valence-electron chi connectivity index (χ2n) is 5.47. The molecule has 0 atom stereocenters. The minimum absolute atomic E-state index is 0.112. The Hall–Kier alpha value is -1.21. The molecule has 0 saturated carbocycles. The highest BCUT2D eigenvalue weighted by Crippen LogP contribution is 2.50. The monoisotopic (exact) mass is 348 g/mol. The molecule has 0 aliphatic heterocycles. The summed E-state index contributed by atoms with van der Waals surface area (Å²) in [6.45, 7) is 4.58. The molecule has 0 radical (unpaired) electrons. The Morgan fingerprint density at radius 1 is 0.783 bits per heavy atom. The first-order chi connectivity index (χ1) is 10.3. The summed E-state index contributed by atoms with van der Waals surface area (Å²) < 4.78 is 79.4. The minimum Gasteiger partial charge on any atom is -0.511 e. The van der Waals surface area contributed by atoms with Crippen LogP contribution in [0.3, 0.4) is 0 Å². The van der Waals surface area contributed by atoms with E-state index in [0.717, 1.165) is 27.7 Å². The fourth-order valence-electron chi connectivity index (χ4n) is 2.70. The van der Waals surface area contributed by atoms with Crippen LogP contribution in [-0.4, -0.2) is 23.2 Å². The van der Waals surface area contributed by atoms with E-state index in [1.54, 1.807) is 0 Å². The van der Waals surface area contributed by atoms with E-state index < -0.39 is 60.4 Å². The maximum Gasteiger partial charge on any atom is 0.401 e. The van der Waals surface area contributed by atoms with Crippen molar-refractivity contribution in [3.05, 3.63) is 11.8 Å². The molecule has 0 aromatic heterocycles. The van der Waals surface area contributed by atoms with Crippen LogP contribution in [-0.2, 0) is 4.79 Å². The Morgan fingerprint density at radius 2 is 1.09 bits per heavy atom. The quantitative estimate of drug-likeness (QED) is 0.362. The van der Waals surface area contributed by atoms with Crippen molar-refractivity contribution in [2.24, 2.45) is 10.8 Å². The summed E-state index contributed by atoms with van der Waals surface area (Å²) in [7, 11) is 0. The van der Waals surface area contributed by atoms with E-state index in [9.17, 15) is 36.2 Å². The van der Waals surface area contributed by atoms with Gasteiger partial charge in [-0.05, 0) is 25.7 Å². The number of ketones is 1. The van der Waals surface area contributed by atoms with E-state index in [2.05, 4.69) is 0 Å². The highest BCUT2D eigenvalue weighted by molar-refractivity contribution is 5.96. The van der Waals surface area contributed by atoms with Gasteiger partial charge in [0.25, 0.3) is 0 Å². The van der Waals surface area contributed by atoms with Crippen LogP contribution >= 0.6 is 0 Å². The number of halogens is 6. The third-order valence-electron chi connectivity index (χ3n) is 4.73. The second kappa shape index (κ2) is 7.13. The molecular formula is C15H22F6O2. The van der Waals surface area contributed by atoms with Gasteiger partial charge in [0.05, 0.1) is 0 Å². The van der Waals surface area contributed by atoms with E-state index in [0.29, 0.717) is 0 Å². The topological polar surface area (TPSA) is 37.3 Å². The van der Waals surface area contributed by atoms with E-state index in [-0.39, 0.29) is 6.08 Å². The summed E-state index contributed by atoms with van der Waals surface area (Å²) in [5, 5.41) is 9.84. The zero-order chi connectivity index (χ0) is 18.7. The molecule has 0 amide bonds. The molecule has 0 rings (SSSR count). The van der Waals surface area contributed by atoms with Gasteiger partial charge in [0.2, 0.25) is 0 Å². The standard InChI is InChI=1S/C15H22F6O2/c1-5-12(6-2,14(16,17)18)10(22)9-11(23)13(7-3,8-4)15(19,20)21/h9,22H,5-8H2,1-4H3. The van der Waals surface area contributed by atoms with Gasteiger partial charge >= 0.3 is 12.4 Å². The predicted molar refractivity (Wildman–Crippen MR) is 73.9 cm³/mol. The molecule has 0 aliphatic rings. The summed E-state index contributed by atoms with van der Waals surface area (Å²) in [4.78, 5) is 12.1. The van der Waals surface area contributed by atoms with Crippen molar-refractivity contribution in [1.29, 1.82) is 0 Å². The zero-order valence-electron chi connectivity index (χ0n) is 13.5. The lowest BCUT2D eigenvalue weighted by molar-refractivity contribution is -0.223. The predicted octanol–water partition coefficient (Wildman–Crippen LogP) is 5.73. The molecule has 0 aliphatic carbocycles. The van der Waals surface area contributed by atoms with Gasteiger partial charge in [-0.15, -0.1) is 0 Å². The number of rotatable bonds is 7. The van der Waals surface area contributed by atoms with E-state index in [1.807, 2.05) is 0 Å². The van der Waals surface area contributed by atoms with Gasteiger partial charge in [-0.2, -0.15) is 26.3 Å². The highest BCUT2D eigenvalue weighted by Gasteiger charge is 2.59. The number of hydrogen-bond acceptors (Lipinski definition) is 2. The van der Waals surface area contributed by atoms with Crippen LogP contribution in [0.25, 0.3) is 0 Å². The van der Waals surface area contributed by atoms with Crippen LogP contribution in [0.1, 0.15) is 53.4 Å². The van der Waals surface area contributed by atoms with Gasteiger partial charge in [-0.3, -0.25) is 4.79 Å². The number of carbonyl (C=O) groups excluding carboxylic acids is 1. The summed E-state index contributed by atoms with van der Waals surface area (Å²) in [6, 6.07) is 0. The van der Waals surface area contributed by atoms with E-state index in [1.165, 1.54) is 0 Å². The first-order valence-corrected chi connectivity index (χ1v) is 7.38. The molecule has 0 bridgehead atoms. The number of aliphatic hydroxyl groups is 1. The maximum absolute atomic E-state index is 13.2. The van der Waals surface area contributed by atoms with Crippen molar-refractivity contribution in [3.63, 3.8) is 0 Å². The number of aliphatic hydroxyl groups excluding tert-OH is 1. The highest BCUT2D eigenvalue weighted by atomic mass is 19.4. The SMILES string of the molecule is CCC(CC)(C(=O)C=C(O)C(CC)(CC)C(F)(F)F)C(F)(F)F. The fourth-order valence-corrected chi connectivity index (χ4v) is 2.70. The Bertz CT molecular complexity index is 440. The van der Waals surface area contributed by atoms with Crippen LogP contribution < -0.4 is 0 Å². The molecule has 8 heteroatoms. The van der Waals surface area contributed by atoms with E-state index >= 15 is 0 Å². The van der Waals surface area contributed by atoms with Crippen molar-refractivity contribution in [3.8, 4) is 0 Å². The van der Waals surface area contributed by atoms with Crippen molar-refractivity contribution < 1.29 is 36.2 Å². The minimum atomic E-state index is -4.91. The van der Waals surface area contributed by atoms with Crippen LogP contribution in [0.15, 0.2) is 11.8 Å². The normalized spacial score (nSPS) is 15.0. The molecule has 0 fully saturated rings. The van der Waals surface area contributed by atoms with Crippen molar-refractivity contribution in [1.82, 2.24) is 0 Å². The summed E-state index contributed by atoms with van der Waals surface area (Å²) in [6.07, 6.45) is -12.1. The van der Waals surface area contributed by atoms with Crippen LogP contribution in [0, 0.1) is 10.8 Å². The zero-order valence-corrected chi connectivity index (χ0v) is 13.5. The van der Waals surface area contributed by atoms with Gasteiger partial charge in [0.1, 0.15) is 16.6 Å². The van der Waals surface area contributed by atoms with Gasteiger partial charge in [-0.1, -0.05) is 27.7 Å². The number of hydrogen-bond donors (Lipinski definition) is 1. The molecule has 0 spiro atoms. The molecule has 0 saturated heterocycles. The lowest BCUT2D eigenvalue weighted by Gasteiger charge is -2.35. The third kappa shape index (κ3) is 3.66. The van der Waals surface area contributed by atoms with Crippen LogP contribution in [0.5, 0.6) is 0 Å². The molecule has 0 aromatic carbocycles. The number of carbonyl (C=O) groups is 1. The molecule has 23 heavy (non-hydrogen) atoms. The molecule has 0 aromatic rings. The average Bonchev–Trinajstić information content (AvgIpc) is 2.39. The molecule has 2 nitrogen and oxygen atoms in total. The molecular weight excluding hydrogens is 326 g/mol. The average molecular weight is 348 g/mol. The summed E-state index contributed by atoms with van der Waals surface area (Å²) in [5.74, 6) is -2.92. The molecule has 1 N–H and O–H groups in total. The Kier molecular flexibility index (Phi) is 6.76. The molecule has 136 valence electrons. The smallest absolute Gasteiger partial charge is 0.401 e. The van der Waals surface area contributed by atoms with E-state index in [4.69, 9.17) is 0 Å². The van der Waals surface area contributed by atoms with Gasteiger partial charge in [0, 0.05) is 6.08 Å². The second-order valence-corrected chi connectivity index (χ2v) is 5.47.